The van der Waals surface area contributed by atoms with E-state index in [4.69, 9.17) is 9.47 Å². The van der Waals surface area contributed by atoms with Gasteiger partial charge < -0.3 is 25.0 Å². The Balaban J connectivity index is 1.31. The third-order valence-electron chi connectivity index (χ3n) is 5.67. The number of ether oxygens (including phenoxy) is 2. The van der Waals surface area contributed by atoms with Crippen LogP contribution < -0.4 is 20.3 Å². The fourth-order valence-electron chi connectivity index (χ4n) is 3.95. The zero-order chi connectivity index (χ0) is 22.6. The topological polar surface area (TPSA) is 62.8 Å². The molecule has 2 aliphatic rings. The van der Waals surface area contributed by atoms with Gasteiger partial charge in [0.05, 0.1) is 25.4 Å². The second-order valence-electron chi connectivity index (χ2n) is 7.84. The van der Waals surface area contributed by atoms with Gasteiger partial charge in [-0.15, -0.1) is 0 Å². The molecule has 172 valence electrons. The minimum Gasteiger partial charge on any atom is -0.493 e. The molecular weight excluding hydrogens is 423 g/mol. The molecule has 0 saturated carbocycles. The van der Waals surface area contributed by atoms with Gasteiger partial charge >= 0.3 is 12.2 Å². The summed E-state index contributed by atoms with van der Waals surface area (Å²) < 4.78 is 51.6. The first-order valence-corrected chi connectivity index (χ1v) is 10.7. The number of hydrogen-bond donors (Lipinski definition) is 2. The number of nitrogens with one attached hydrogen (secondary N) is 2. The Morgan fingerprint density at radius 1 is 1.03 bits per heavy atom. The van der Waals surface area contributed by atoms with Crippen LogP contribution >= 0.6 is 0 Å². The van der Waals surface area contributed by atoms with Crippen molar-refractivity contribution in [3.63, 3.8) is 0 Å². The molecule has 2 heterocycles. The molecule has 9 heteroatoms. The van der Waals surface area contributed by atoms with Crippen LogP contribution in [0.1, 0.15) is 22.3 Å². The highest BCUT2D eigenvalue weighted by Crippen LogP contribution is 2.35. The van der Waals surface area contributed by atoms with Gasteiger partial charge in [-0.3, -0.25) is 0 Å². The minimum atomic E-state index is -4.51. The van der Waals surface area contributed by atoms with Gasteiger partial charge in [-0.25, -0.2) is 4.79 Å². The first-order valence-electron chi connectivity index (χ1n) is 10.7. The summed E-state index contributed by atoms with van der Waals surface area (Å²) >= 11 is 0. The summed E-state index contributed by atoms with van der Waals surface area (Å²) in [5.41, 5.74) is 2.04. The van der Waals surface area contributed by atoms with Crippen LogP contribution in [-0.4, -0.2) is 45.5 Å². The normalized spacial score (nSPS) is 15.8. The number of anilines is 1. The maximum absolute atomic E-state index is 13.6. The zero-order valence-electron chi connectivity index (χ0n) is 17.6. The Kier molecular flexibility index (Phi) is 6.74. The van der Waals surface area contributed by atoms with Crippen molar-refractivity contribution in [2.45, 2.75) is 25.6 Å². The second-order valence-corrected chi connectivity index (χ2v) is 7.84. The lowest BCUT2D eigenvalue weighted by Gasteiger charge is -2.29. The number of urea groups is 1. The van der Waals surface area contributed by atoms with Crippen molar-refractivity contribution in [2.75, 3.05) is 44.4 Å². The lowest BCUT2D eigenvalue weighted by atomic mass is 10.0. The third kappa shape index (κ3) is 5.45. The van der Waals surface area contributed by atoms with Gasteiger partial charge in [0.25, 0.3) is 0 Å². The molecule has 2 amide bonds. The van der Waals surface area contributed by atoms with E-state index < -0.39 is 17.8 Å². The summed E-state index contributed by atoms with van der Waals surface area (Å²) in [6.45, 7) is 2.94. The largest absolute Gasteiger partial charge is 0.493 e. The molecular formula is C23H26F3N3O3. The Hall–Kier alpha value is -2.94. The first kappa shape index (κ1) is 22.3. The molecule has 2 aliphatic heterocycles. The predicted octanol–water partition coefficient (Wildman–Crippen LogP) is 3.52. The number of benzene rings is 2. The fourth-order valence-corrected chi connectivity index (χ4v) is 3.95. The molecule has 2 aromatic rings. The van der Waals surface area contributed by atoms with E-state index in [9.17, 15) is 18.0 Å². The molecule has 0 aliphatic carbocycles. The van der Waals surface area contributed by atoms with Gasteiger partial charge in [0.1, 0.15) is 5.75 Å². The lowest BCUT2D eigenvalue weighted by molar-refractivity contribution is -0.138. The van der Waals surface area contributed by atoms with E-state index >= 15 is 0 Å². The monoisotopic (exact) mass is 449 g/mol. The molecule has 32 heavy (non-hydrogen) atoms. The fraction of sp³-hybridized carbons (Fsp3) is 0.435. The SMILES string of the molecule is O=C(NCCc1ccc2c(c1)CCO2)NCc1ccc(N2CCOCC2)cc1C(F)(F)F. The van der Waals surface area contributed by atoms with Gasteiger partial charge in [0, 0.05) is 38.3 Å². The van der Waals surface area contributed by atoms with E-state index in [1.54, 1.807) is 6.07 Å². The molecule has 2 aromatic carbocycles. The maximum Gasteiger partial charge on any atom is 0.416 e. The van der Waals surface area contributed by atoms with Gasteiger partial charge in [0.2, 0.25) is 0 Å². The smallest absolute Gasteiger partial charge is 0.416 e. The van der Waals surface area contributed by atoms with Crippen LogP contribution in [0.15, 0.2) is 36.4 Å². The molecule has 1 fully saturated rings. The molecule has 0 radical (unpaired) electrons. The molecule has 2 N–H and O–H groups in total. The van der Waals surface area contributed by atoms with E-state index in [0.717, 1.165) is 29.4 Å². The summed E-state index contributed by atoms with van der Waals surface area (Å²) in [7, 11) is 0. The van der Waals surface area contributed by atoms with Crippen molar-refractivity contribution in [2.24, 2.45) is 0 Å². The van der Waals surface area contributed by atoms with Crippen LogP contribution in [0.3, 0.4) is 0 Å². The van der Waals surface area contributed by atoms with Crippen LogP contribution in [0, 0.1) is 0 Å². The van der Waals surface area contributed by atoms with Crippen molar-refractivity contribution in [3.8, 4) is 5.75 Å². The number of rotatable bonds is 6. The van der Waals surface area contributed by atoms with Crippen molar-refractivity contribution in [3.05, 3.63) is 58.7 Å². The van der Waals surface area contributed by atoms with Crippen molar-refractivity contribution >= 4 is 11.7 Å². The zero-order valence-corrected chi connectivity index (χ0v) is 17.6. The van der Waals surface area contributed by atoms with Gasteiger partial charge in [0.15, 0.2) is 0 Å². The summed E-state index contributed by atoms with van der Waals surface area (Å²) in [5, 5.41) is 5.24. The highest BCUT2D eigenvalue weighted by Gasteiger charge is 2.34. The Labute approximate surface area is 184 Å². The molecule has 0 unspecified atom stereocenters. The van der Waals surface area contributed by atoms with Crippen LogP contribution in [0.25, 0.3) is 0 Å². The number of fused-ring (bicyclic) bond motifs is 1. The first-order chi connectivity index (χ1) is 15.4. The van der Waals surface area contributed by atoms with Crippen molar-refractivity contribution in [1.82, 2.24) is 10.6 Å². The average Bonchev–Trinajstić information content (AvgIpc) is 3.25. The summed E-state index contributed by atoms with van der Waals surface area (Å²) in [4.78, 5) is 14.0. The molecule has 0 spiro atoms. The number of morpholine rings is 1. The molecule has 0 bridgehead atoms. The maximum atomic E-state index is 13.6. The van der Waals surface area contributed by atoms with Gasteiger partial charge in [-0.05, 0) is 41.3 Å². The minimum absolute atomic E-state index is 0.0308. The second kappa shape index (κ2) is 9.68. The van der Waals surface area contributed by atoms with E-state index in [0.29, 0.717) is 51.6 Å². The van der Waals surface area contributed by atoms with E-state index in [1.807, 2.05) is 17.0 Å². The summed E-state index contributed by atoms with van der Waals surface area (Å²) in [5.74, 6) is 0.902. The Morgan fingerprint density at radius 2 is 1.84 bits per heavy atom. The van der Waals surface area contributed by atoms with Gasteiger partial charge in [-0.1, -0.05) is 18.2 Å². The highest BCUT2D eigenvalue weighted by atomic mass is 19.4. The molecule has 0 aromatic heterocycles. The highest BCUT2D eigenvalue weighted by molar-refractivity contribution is 5.74. The van der Waals surface area contributed by atoms with Crippen LogP contribution in [-0.2, 0) is 30.3 Å². The average molecular weight is 449 g/mol. The number of hydrogen-bond acceptors (Lipinski definition) is 4. The van der Waals surface area contributed by atoms with Crippen LogP contribution in [0.2, 0.25) is 0 Å². The lowest BCUT2D eigenvalue weighted by Crippen LogP contribution is -2.37. The van der Waals surface area contributed by atoms with Crippen molar-refractivity contribution in [1.29, 1.82) is 0 Å². The third-order valence-corrected chi connectivity index (χ3v) is 5.67. The Bertz CT molecular complexity index is 959. The number of carbonyl (C=O) groups excluding carboxylic acids is 1. The summed E-state index contributed by atoms with van der Waals surface area (Å²) in [6, 6.07) is 9.69. The van der Waals surface area contributed by atoms with Gasteiger partial charge in [-0.2, -0.15) is 13.2 Å². The standard InChI is InChI=1S/C23H26F3N3O3/c24-23(25,26)20-14-19(29-8-11-31-12-9-29)3-2-18(20)15-28-22(30)27-7-5-16-1-4-21-17(13-16)6-10-32-21/h1-4,13-14H,5-12,15H2,(H2,27,28,30). The quantitative estimate of drug-likeness (QED) is 0.709. The van der Waals surface area contributed by atoms with Crippen molar-refractivity contribution < 1.29 is 27.4 Å². The predicted molar refractivity (Wildman–Crippen MR) is 114 cm³/mol. The molecule has 0 atom stereocenters. The van der Waals surface area contributed by atoms with E-state index in [-0.39, 0.29) is 12.1 Å². The van der Waals surface area contributed by atoms with Crippen LogP contribution in [0.5, 0.6) is 5.75 Å². The number of amides is 2. The number of nitrogens with zero attached hydrogens (tertiary/aromatic N) is 1. The van der Waals surface area contributed by atoms with E-state index in [1.165, 1.54) is 6.07 Å². The molecule has 1 saturated heterocycles. The number of carbonyl (C=O) groups is 1. The number of alkyl halides is 3. The van der Waals surface area contributed by atoms with E-state index in [2.05, 4.69) is 16.7 Å². The number of halogens is 3. The Morgan fingerprint density at radius 3 is 2.62 bits per heavy atom. The molecule has 6 nitrogen and oxygen atoms in total. The molecule has 4 rings (SSSR count). The van der Waals surface area contributed by atoms with Crippen LogP contribution in [0.4, 0.5) is 23.7 Å². The summed E-state index contributed by atoms with van der Waals surface area (Å²) in [6.07, 6.45) is -3.00.